The fourth-order valence-corrected chi connectivity index (χ4v) is 1.97. The minimum Gasteiger partial charge on any atom is -0.494 e. The van der Waals surface area contributed by atoms with Crippen molar-refractivity contribution in [1.29, 1.82) is 0 Å². The Bertz CT molecular complexity index is 583. The maximum atomic E-state index is 10.7. The molecule has 1 heterocycles. The number of rotatable bonds is 8. The van der Waals surface area contributed by atoms with Crippen LogP contribution in [-0.4, -0.2) is 32.7 Å². The molecule has 0 saturated heterocycles. The number of carboxylic acids is 1. The van der Waals surface area contributed by atoms with Gasteiger partial charge >= 0.3 is 5.97 Å². The summed E-state index contributed by atoms with van der Waals surface area (Å²) in [5, 5.41) is 17.1. The van der Waals surface area contributed by atoms with Crippen LogP contribution in [0.1, 0.15) is 18.5 Å². The average molecular weight is 310 g/mol. The van der Waals surface area contributed by atoms with Crippen molar-refractivity contribution in [2.24, 2.45) is 0 Å². The Kier molecular flexibility index (Phi) is 5.57. The molecule has 6 nitrogen and oxygen atoms in total. The zero-order valence-corrected chi connectivity index (χ0v) is 12.2. The second-order valence-electron chi connectivity index (χ2n) is 4.53. The van der Waals surface area contributed by atoms with Gasteiger partial charge in [-0.2, -0.15) is 0 Å². The number of aromatic nitrogens is 3. The normalized spacial score (nSPS) is 10.5. The van der Waals surface area contributed by atoms with E-state index in [-0.39, 0.29) is 6.42 Å². The van der Waals surface area contributed by atoms with Gasteiger partial charge < -0.3 is 9.84 Å². The van der Waals surface area contributed by atoms with E-state index in [2.05, 4.69) is 10.3 Å². The fourth-order valence-electron chi connectivity index (χ4n) is 1.84. The van der Waals surface area contributed by atoms with E-state index in [4.69, 9.17) is 21.4 Å². The third-order valence-electron chi connectivity index (χ3n) is 2.88. The van der Waals surface area contributed by atoms with E-state index in [0.29, 0.717) is 23.9 Å². The number of hydrogen-bond acceptors (Lipinski definition) is 4. The second-order valence-corrected chi connectivity index (χ2v) is 4.96. The predicted octanol–water partition coefficient (Wildman–Crippen LogP) is 2.42. The molecule has 0 spiro atoms. The van der Waals surface area contributed by atoms with E-state index in [1.54, 1.807) is 16.8 Å². The molecule has 0 bridgehead atoms. The Hall–Kier alpha value is -2.08. The molecule has 0 saturated carbocycles. The Balaban J connectivity index is 1.69. The van der Waals surface area contributed by atoms with Crippen molar-refractivity contribution in [2.75, 3.05) is 6.61 Å². The molecule has 1 aromatic heterocycles. The molecule has 0 amide bonds. The summed E-state index contributed by atoms with van der Waals surface area (Å²) in [6, 6.07) is 7.21. The monoisotopic (exact) mass is 309 g/mol. The van der Waals surface area contributed by atoms with E-state index in [0.717, 1.165) is 18.6 Å². The van der Waals surface area contributed by atoms with Crippen molar-refractivity contribution in [3.63, 3.8) is 0 Å². The van der Waals surface area contributed by atoms with E-state index in [1.165, 1.54) is 6.20 Å². The van der Waals surface area contributed by atoms with Crippen molar-refractivity contribution in [1.82, 2.24) is 15.0 Å². The Morgan fingerprint density at radius 3 is 2.76 bits per heavy atom. The van der Waals surface area contributed by atoms with E-state index < -0.39 is 5.97 Å². The van der Waals surface area contributed by atoms with Gasteiger partial charge in [-0.05, 0) is 37.1 Å². The average Bonchev–Trinajstić information content (AvgIpc) is 2.87. The first-order chi connectivity index (χ1) is 10.1. The molecule has 7 heteroatoms. The van der Waals surface area contributed by atoms with E-state index >= 15 is 0 Å². The zero-order valence-electron chi connectivity index (χ0n) is 11.4. The second kappa shape index (κ2) is 7.64. The fraction of sp³-hybridized carbons (Fsp3) is 0.357. The van der Waals surface area contributed by atoms with Crippen LogP contribution in [0.15, 0.2) is 30.5 Å². The highest BCUT2D eigenvalue weighted by molar-refractivity contribution is 6.30. The number of carbonyl (C=O) groups is 1. The predicted molar refractivity (Wildman–Crippen MR) is 77.5 cm³/mol. The number of carboxylic acid groups (broad SMARTS) is 1. The molecule has 2 rings (SSSR count). The van der Waals surface area contributed by atoms with Crippen molar-refractivity contribution in [3.8, 4) is 5.75 Å². The minimum absolute atomic E-state index is 0.0612. The lowest BCUT2D eigenvalue weighted by Crippen LogP contribution is -2.10. The molecule has 2 aromatic rings. The van der Waals surface area contributed by atoms with Crippen LogP contribution in [0.3, 0.4) is 0 Å². The molecule has 112 valence electrons. The number of halogens is 1. The number of hydrogen-bond donors (Lipinski definition) is 1. The van der Waals surface area contributed by atoms with Gasteiger partial charge in [-0.3, -0.25) is 4.79 Å². The first kappa shape index (κ1) is 15.3. The van der Waals surface area contributed by atoms with Gasteiger partial charge in [-0.1, -0.05) is 16.8 Å². The molecule has 0 aliphatic rings. The third kappa shape index (κ3) is 5.07. The van der Waals surface area contributed by atoms with Crippen molar-refractivity contribution < 1.29 is 14.6 Å². The molecule has 21 heavy (non-hydrogen) atoms. The summed E-state index contributed by atoms with van der Waals surface area (Å²) in [7, 11) is 0. The maximum Gasteiger partial charge on any atom is 0.309 e. The van der Waals surface area contributed by atoms with Crippen LogP contribution in [0, 0.1) is 0 Å². The Morgan fingerprint density at radius 2 is 2.05 bits per heavy atom. The number of nitrogens with zero attached hydrogens (tertiary/aromatic N) is 3. The molecule has 0 aliphatic carbocycles. The highest BCUT2D eigenvalue weighted by atomic mass is 35.5. The summed E-state index contributed by atoms with van der Waals surface area (Å²) in [5.41, 5.74) is 0.612. The van der Waals surface area contributed by atoms with Crippen LogP contribution < -0.4 is 4.74 Å². The van der Waals surface area contributed by atoms with Crippen LogP contribution in [0.4, 0.5) is 0 Å². The highest BCUT2D eigenvalue weighted by Gasteiger charge is 2.07. The number of benzene rings is 1. The molecule has 0 fully saturated rings. The lowest BCUT2D eigenvalue weighted by molar-refractivity contribution is -0.136. The van der Waals surface area contributed by atoms with Gasteiger partial charge in [0, 0.05) is 11.6 Å². The standard InChI is InChI=1S/C14H16ClN3O3/c15-11-3-5-13(6-4-11)21-8-2-1-7-18-12(9-14(19)20)10-16-17-18/h3-6,10H,1-2,7-9H2,(H,19,20). The summed E-state index contributed by atoms with van der Waals surface area (Å²) in [6.07, 6.45) is 3.10. The number of aliphatic carboxylic acids is 1. The molecule has 0 unspecified atom stereocenters. The lowest BCUT2D eigenvalue weighted by atomic mass is 10.3. The SMILES string of the molecule is O=C(O)Cc1cnnn1CCCCOc1ccc(Cl)cc1. The third-order valence-corrected chi connectivity index (χ3v) is 3.13. The van der Waals surface area contributed by atoms with Gasteiger partial charge in [0.1, 0.15) is 5.75 Å². The number of ether oxygens (including phenoxy) is 1. The van der Waals surface area contributed by atoms with Crippen molar-refractivity contribution >= 4 is 17.6 Å². The molecule has 0 aliphatic heterocycles. The number of aryl methyl sites for hydroxylation is 1. The molecule has 1 N–H and O–H groups in total. The largest absolute Gasteiger partial charge is 0.494 e. The summed E-state index contributed by atoms with van der Waals surface area (Å²) >= 11 is 5.79. The summed E-state index contributed by atoms with van der Waals surface area (Å²) < 4.78 is 7.20. The topological polar surface area (TPSA) is 77.2 Å². The lowest BCUT2D eigenvalue weighted by Gasteiger charge is -2.07. The summed E-state index contributed by atoms with van der Waals surface area (Å²) in [5.74, 6) is -0.101. The molecule has 0 radical (unpaired) electrons. The summed E-state index contributed by atoms with van der Waals surface area (Å²) in [4.78, 5) is 10.7. The van der Waals surface area contributed by atoms with Crippen molar-refractivity contribution in [3.05, 3.63) is 41.2 Å². The Labute approximate surface area is 127 Å². The van der Waals surface area contributed by atoms with Crippen LogP contribution in [0.2, 0.25) is 5.02 Å². The quantitative estimate of drug-likeness (QED) is 0.758. The van der Waals surface area contributed by atoms with Gasteiger partial charge in [0.2, 0.25) is 0 Å². The molecule has 0 atom stereocenters. The van der Waals surface area contributed by atoms with Gasteiger partial charge in [0.05, 0.1) is 24.9 Å². The summed E-state index contributed by atoms with van der Waals surface area (Å²) in [6.45, 7) is 1.22. The van der Waals surface area contributed by atoms with Crippen molar-refractivity contribution in [2.45, 2.75) is 25.8 Å². The molecule has 1 aromatic carbocycles. The first-order valence-electron chi connectivity index (χ1n) is 6.62. The minimum atomic E-state index is -0.885. The molecular weight excluding hydrogens is 294 g/mol. The van der Waals surface area contributed by atoms with Crippen LogP contribution in [0.5, 0.6) is 5.75 Å². The zero-order chi connectivity index (χ0) is 15.1. The smallest absolute Gasteiger partial charge is 0.309 e. The van der Waals surface area contributed by atoms with E-state index in [1.807, 2.05) is 12.1 Å². The van der Waals surface area contributed by atoms with Gasteiger partial charge in [-0.15, -0.1) is 5.10 Å². The maximum absolute atomic E-state index is 10.7. The van der Waals surface area contributed by atoms with Gasteiger partial charge in [-0.25, -0.2) is 4.68 Å². The van der Waals surface area contributed by atoms with Crippen LogP contribution >= 0.6 is 11.6 Å². The highest BCUT2D eigenvalue weighted by Crippen LogP contribution is 2.15. The van der Waals surface area contributed by atoms with Gasteiger partial charge in [0.25, 0.3) is 0 Å². The van der Waals surface area contributed by atoms with Crippen LogP contribution in [0.25, 0.3) is 0 Å². The molecular formula is C14H16ClN3O3. The van der Waals surface area contributed by atoms with Gasteiger partial charge in [0.15, 0.2) is 0 Å². The first-order valence-corrected chi connectivity index (χ1v) is 7.00. The van der Waals surface area contributed by atoms with Crippen LogP contribution in [-0.2, 0) is 17.8 Å². The Morgan fingerprint density at radius 1 is 1.29 bits per heavy atom. The van der Waals surface area contributed by atoms with E-state index in [9.17, 15) is 4.79 Å². The number of unbranched alkanes of at least 4 members (excludes halogenated alkanes) is 1.